The number of hydrogen-bond donors (Lipinski definition) is 2. The first-order valence-electron chi connectivity index (χ1n) is 9.74. The fraction of sp³-hybridized carbons (Fsp3) is 0.833. The molecule has 2 N–H and O–H groups in total. The third kappa shape index (κ3) is 8.83. The zero-order chi connectivity index (χ0) is 19.5. The van der Waals surface area contributed by atoms with Crippen LogP contribution in [0.15, 0.2) is 4.99 Å². The number of methoxy groups -OCH3 is 1. The van der Waals surface area contributed by atoms with Gasteiger partial charge in [0, 0.05) is 46.4 Å². The topological polar surface area (TPSA) is 79.6 Å². The molecule has 1 saturated heterocycles. The second kappa shape index (κ2) is 14.4. The lowest BCUT2D eigenvalue weighted by Crippen LogP contribution is -2.49. The van der Waals surface area contributed by atoms with Gasteiger partial charge in [0.1, 0.15) is 12.4 Å². The summed E-state index contributed by atoms with van der Waals surface area (Å²) in [4.78, 5) is 7.22. The van der Waals surface area contributed by atoms with Gasteiger partial charge in [0.2, 0.25) is 0 Å². The van der Waals surface area contributed by atoms with Gasteiger partial charge < -0.3 is 24.8 Å². The lowest BCUT2D eigenvalue weighted by molar-refractivity contribution is 0.128. The molecule has 10 heteroatoms. The Morgan fingerprint density at radius 2 is 2.07 bits per heavy atom. The summed E-state index contributed by atoms with van der Waals surface area (Å²) in [6.45, 7) is 7.44. The van der Waals surface area contributed by atoms with Gasteiger partial charge in [-0.2, -0.15) is 11.8 Å². The molecule has 28 heavy (non-hydrogen) atoms. The van der Waals surface area contributed by atoms with Crippen LogP contribution in [0.2, 0.25) is 0 Å². The lowest BCUT2D eigenvalue weighted by Gasteiger charge is -2.32. The van der Waals surface area contributed by atoms with Crippen LogP contribution in [0.5, 0.6) is 0 Å². The maximum absolute atomic E-state index is 5.18. The number of piperidine rings is 1. The van der Waals surface area contributed by atoms with E-state index in [1.54, 1.807) is 7.11 Å². The Bertz CT molecular complexity index is 576. The van der Waals surface area contributed by atoms with Crippen LogP contribution in [0, 0.1) is 6.92 Å². The van der Waals surface area contributed by atoms with Crippen LogP contribution in [0.4, 0.5) is 0 Å². The van der Waals surface area contributed by atoms with Gasteiger partial charge in [-0.05, 0) is 38.2 Å². The predicted octanol–water partition coefficient (Wildman–Crippen LogP) is 1.64. The Morgan fingerprint density at radius 3 is 2.68 bits per heavy atom. The highest BCUT2D eigenvalue weighted by atomic mass is 127. The Kier molecular flexibility index (Phi) is 13.1. The number of ether oxygens (including phenoxy) is 1. The highest BCUT2D eigenvalue weighted by Gasteiger charge is 2.19. The molecule has 0 aliphatic carbocycles. The third-order valence-electron chi connectivity index (χ3n) is 4.92. The van der Waals surface area contributed by atoms with E-state index in [1.807, 2.05) is 30.3 Å². The van der Waals surface area contributed by atoms with Gasteiger partial charge in [0.25, 0.3) is 0 Å². The number of halogens is 1. The van der Waals surface area contributed by atoms with Crippen molar-refractivity contribution < 1.29 is 4.74 Å². The molecule has 0 amide bonds. The van der Waals surface area contributed by atoms with Crippen molar-refractivity contribution in [1.82, 2.24) is 30.3 Å². The maximum Gasteiger partial charge on any atom is 0.191 e. The van der Waals surface area contributed by atoms with Gasteiger partial charge in [-0.3, -0.25) is 0 Å². The number of nitrogens with one attached hydrogen (secondary N) is 2. The molecule has 0 spiro atoms. The largest absolute Gasteiger partial charge is 0.383 e. The van der Waals surface area contributed by atoms with Gasteiger partial charge in [-0.15, -0.1) is 34.2 Å². The number of nitrogens with zero attached hydrogens (tertiary/aromatic N) is 5. The van der Waals surface area contributed by atoms with Gasteiger partial charge >= 0.3 is 0 Å². The summed E-state index contributed by atoms with van der Waals surface area (Å²) in [5, 5.41) is 15.4. The van der Waals surface area contributed by atoms with Crippen molar-refractivity contribution in [3.05, 3.63) is 11.6 Å². The van der Waals surface area contributed by atoms with Gasteiger partial charge in [-0.25, -0.2) is 4.99 Å². The van der Waals surface area contributed by atoms with Crippen molar-refractivity contribution >= 4 is 41.7 Å². The Hall–Kier alpha value is -0.590. The summed E-state index contributed by atoms with van der Waals surface area (Å²) in [5.74, 6) is 3.82. The molecular formula is C18H36IN7OS. The van der Waals surface area contributed by atoms with Crippen LogP contribution in [0.25, 0.3) is 0 Å². The first-order chi connectivity index (χ1) is 13.1. The van der Waals surface area contributed by atoms with Gasteiger partial charge in [-0.1, -0.05) is 0 Å². The zero-order valence-corrected chi connectivity index (χ0v) is 20.8. The Balaban J connectivity index is 0.00000392. The normalized spacial score (nSPS) is 16.1. The number of hydrogen-bond acceptors (Lipinski definition) is 6. The zero-order valence-electron chi connectivity index (χ0n) is 17.6. The minimum Gasteiger partial charge on any atom is -0.383 e. The van der Waals surface area contributed by atoms with E-state index in [1.165, 1.54) is 0 Å². The van der Waals surface area contributed by atoms with Crippen molar-refractivity contribution in [2.45, 2.75) is 38.8 Å². The summed E-state index contributed by atoms with van der Waals surface area (Å²) in [6.07, 6.45) is 5.51. The summed E-state index contributed by atoms with van der Waals surface area (Å²) in [7, 11) is 3.74. The molecule has 1 aromatic heterocycles. The van der Waals surface area contributed by atoms with E-state index >= 15 is 0 Å². The van der Waals surface area contributed by atoms with Crippen molar-refractivity contribution in [1.29, 1.82) is 0 Å². The second-order valence-electron chi connectivity index (χ2n) is 6.91. The van der Waals surface area contributed by atoms with E-state index < -0.39 is 0 Å². The lowest BCUT2D eigenvalue weighted by atomic mass is 10.1. The molecule has 0 atom stereocenters. The fourth-order valence-electron chi connectivity index (χ4n) is 3.03. The highest BCUT2D eigenvalue weighted by Crippen LogP contribution is 2.10. The highest BCUT2D eigenvalue weighted by molar-refractivity contribution is 14.0. The van der Waals surface area contributed by atoms with Crippen LogP contribution in [-0.4, -0.2) is 83.6 Å². The van der Waals surface area contributed by atoms with Gasteiger partial charge in [0.05, 0.1) is 6.61 Å². The SMILES string of the molecule is COCCN1CCC(NC(=NCc2nnc(C)n2C)NCCCSC)CC1.I. The minimum absolute atomic E-state index is 0. The molecule has 0 bridgehead atoms. The van der Waals surface area contributed by atoms with E-state index in [2.05, 4.69) is 32.0 Å². The number of aromatic nitrogens is 3. The molecule has 8 nitrogen and oxygen atoms in total. The van der Waals surface area contributed by atoms with E-state index in [0.29, 0.717) is 12.6 Å². The van der Waals surface area contributed by atoms with E-state index in [4.69, 9.17) is 9.73 Å². The number of likely N-dealkylation sites (tertiary alicyclic amines) is 1. The average Bonchev–Trinajstić information content (AvgIpc) is 3.00. The van der Waals surface area contributed by atoms with Crippen molar-refractivity contribution in [3.8, 4) is 0 Å². The summed E-state index contributed by atoms with van der Waals surface area (Å²) < 4.78 is 7.17. The molecule has 2 heterocycles. The predicted molar refractivity (Wildman–Crippen MR) is 128 cm³/mol. The van der Waals surface area contributed by atoms with E-state index in [-0.39, 0.29) is 24.0 Å². The standard InChI is InChI=1S/C18H35N7OS.HI/c1-15-22-23-17(24(15)2)14-20-18(19-8-5-13-27-4)21-16-6-9-25(10-7-16)11-12-26-3;/h16H,5-14H2,1-4H3,(H2,19,20,21);1H. The maximum atomic E-state index is 5.18. The monoisotopic (exact) mass is 525 g/mol. The van der Waals surface area contributed by atoms with Crippen molar-refractivity contribution in [2.24, 2.45) is 12.0 Å². The second-order valence-corrected chi connectivity index (χ2v) is 7.90. The van der Waals surface area contributed by atoms with Crippen molar-refractivity contribution in [3.63, 3.8) is 0 Å². The first kappa shape index (κ1) is 25.4. The molecule has 1 aliphatic heterocycles. The number of aryl methyl sites for hydroxylation is 1. The molecule has 2 rings (SSSR count). The van der Waals surface area contributed by atoms with Crippen LogP contribution in [-0.2, 0) is 18.3 Å². The van der Waals surface area contributed by atoms with Crippen LogP contribution < -0.4 is 10.6 Å². The summed E-state index contributed by atoms with van der Waals surface area (Å²) >= 11 is 1.87. The molecule has 1 aliphatic rings. The molecular weight excluding hydrogens is 489 g/mol. The van der Waals surface area contributed by atoms with Crippen LogP contribution >= 0.6 is 35.7 Å². The number of thioether (sulfide) groups is 1. The molecule has 0 saturated carbocycles. The van der Waals surface area contributed by atoms with Crippen LogP contribution in [0.3, 0.4) is 0 Å². The molecule has 162 valence electrons. The minimum atomic E-state index is 0. The first-order valence-corrected chi connectivity index (χ1v) is 11.1. The molecule has 0 unspecified atom stereocenters. The smallest absolute Gasteiger partial charge is 0.191 e. The number of aliphatic imine (C=N–C) groups is 1. The Morgan fingerprint density at radius 1 is 1.32 bits per heavy atom. The summed E-state index contributed by atoms with van der Waals surface area (Å²) in [6, 6.07) is 0.455. The molecule has 0 radical (unpaired) electrons. The summed E-state index contributed by atoms with van der Waals surface area (Å²) in [5.41, 5.74) is 0. The van der Waals surface area contributed by atoms with E-state index in [9.17, 15) is 0 Å². The average molecular weight is 526 g/mol. The molecule has 1 aromatic rings. The third-order valence-corrected chi connectivity index (χ3v) is 5.62. The van der Waals surface area contributed by atoms with Crippen LogP contribution in [0.1, 0.15) is 30.9 Å². The molecule has 0 aromatic carbocycles. The van der Waals surface area contributed by atoms with Gasteiger partial charge in [0.15, 0.2) is 11.8 Å². The fourth-order valence-corrected chi connectivity index (χ4v) is 3.46. The quantitative estimate of drug-likeness (QED) is 0.208. The van der Waals surface area contributed by atoms with E-state index in [0.717, 1.165) is 75.4 Å². The Labute approximate surface area is 190 Å². The van der Waals surface area contributed by atoms with Crippen molar-refractivity contribution in [2.75, 3.05) is 51.9 Å². The number of rotatable bonds is 10. The molecule has 1 fully saturated rings. The number of guanidine groups is 1.